The van der Waals surface area contributed by atoms with Gasteiger partial charge in [-0.25, -0.2) is 0 Å². The maximum absolute atomic E-state index is 14.0. The van der Waals surface area contributed by atoms with Crippen molar-refractivity contribution in [2.75, 3.05) is 20.3 Å². The van der Waals surface area contributed by atoms with E-state index >= 15 is 0 Å². The highest BCUT2D eigenvalue weighted by molar-refractivity contribution is 6.31. The van der Waals surface area contributed by atoms with Crippen LogP contribution in [0.25, 0.3) is 0 Å². The number of phenolic OH excluding ortho intramolecular Hbond substituents is 2. The van der Waals surface area contributed by atoms with E-state index in [1.807, 2.05) is 0 Å². The fourth-order valence-corrected chi connectivity index (χ4v) is 8.41. The number of hydrogen-bond donors (Lipinski definition) is 10. The first-order valence-corrected chi connectivity index (χ1v) is 19.1. The monoisotopic (exact) mass is 825 g/mol. The van der Waals surface area contributed by atoms with E-state index in [0.29, 0.717) is 11.3 Å². The lowest BCUT2D eigenvalue weighted by atomic mass is 9.72. The van der Waals surface area contributed by atoms with Gasteiger partial charge in [-0.3, -0.25) is 14.4 Å². The van der Waals surface area contributed by atoms with Gasteiger partial charge in [-0.1, -0.05) is 24.3 Å². The molecule has 2 aliphatic carbocycles. The maximum Gasteiger partial charge on any atom is 0.229 e. The number of phenols is 2. The third-order valence-corrected chi connectivity index (χ3v) is 11.7. The molecule has 0 bridgehead atoms. The number of aliphatic hydroxyl groups excluding tert-OH is 6. The van der Waals surface area contributed by atoms with Crippen LogP contribution in [0.3, 0.4) is 0 Å². The highest BCUT2D eigenvalue weighted by Gasteiger charge is 2.50. The van der Waals surface area contributed by atoms with Gasteiger partial charge in [0.05, 0.1) is 48.7 Å². The van der Waals surface area contributed by atoms with E-state index in [2.05, 4.69) is 5.32 Å². The van der Waals surface area contributed by atoms with Crippen molar-refractivity contribution in [1.29, 1.82) is 0 Å². The Bertz CT molecular complexity index is 2140. The molecule has 4 aliphatic rings. The summed E-state index contributed by atoms with van der Waals surface area (Å²) in [6.07, 6.45) is -13.0. The number of rotatable bonds is 11. The van der Waals surface area contributed by atoms with Gasteiger partial charge in [0.2, 0.25) is 12.1 Å². The molecule has 0 radical (unpaired) electrons. The fraction of sp³-hybridized carbons (Fsp3) is 0.488. The molecule has 2 fully saturated rings. The Morgan fingerprint density at radius 1 is 0.915 bits per heavy atom. The van der Waals surface area contributed by atoms with Gasteiger partial charge in [0.15, 0.2) is 17.9 Å². The van der Waals surface area contributed by atoms with Crippen molar-refractivity contribution in [3.05, 3.63) is 80.9 Å². The Labute approximate surface area is 337 Å². The first-order valence-electron chi connectivity index (χ1n) is 19.1. The van der Waals surface area contributed by atoms with E-state index in [-0.39, 0.29) is 41.0 Å². The molecule has 2 heterocycles. The zero-order valence-electron chi connectivity index (χ0n) is 32.3. The second-order valence-electron chi connectivity index (χ2n) is 15.4. The molecule has 0 spiro atoms. The molecule has 59 heavy (non-hydrogen) atoms. The summed E-state index contributed by atoms with van der Waals surface area (Å²) >= 11 is 0. The highest BCUT2D eigenvalue weighted by atomic mass is 16.7. The van der Waals surface area contributed by atoms with E-state index in [1.165, 1.54) is 25.3 Å². The Kier molecular flexibility index (Phi) is 11.9. The number of ether oxygens (including phenoxy) is 5. The molecule has 18 nitrogen and oxygen atoms in total. The number of carbonyl (C=O) groups is 3. The van der Waals surface area contributed by atoms with Crippen LogP contribution in [-0.2, 0) is 32.0 Å². The standard InChI is InChI=1S/C41H47NO17/c1-16-9-18(7-8-22(16)58-40-39(53)38(52)35(49)25(14-43)59-40)13-42-21-10-27(56-17(2)32(21)46)57-24-12-41(54,26(45)15-44)11-20-29(24)37(51)31-30(34(20)48)33(47)19-5-4-6-23(55-3)28(19)36(31)50/h4-9,17,21,24-25,27,32,35,38-40,42-44,46,48-49,51-54H,10-15H2,1-3H3/t17?,21-,24+,25?,27+,32-,35-,38?,39?,40-,41+/m1/s1. The molecule has 11 atom stereocenters. The Morgan fingerprint density at radius 3 is 2.32 bits per heavy atom. The van der Waals surface area contributed by atoms with E-state index in [4.69, 9.17) is 23.7 Å². The van der Waals surface area contributed by atoms with Crippen molar-refractivity contribution in [1.82, 2.24) is 5.32 Å². The largest absolute Gasteiger partial charge is 0.507 e. The summed E-state index contributed by atoms with van der Waals surface area (Å²) in [4.78, 5) is 40.8. The predicted octanol–water partition coefficient (Wildman–Crippen LogP) is -0.680. The zero-order valence-corrected chi connectivity index (χ0v) is 32.3. The number of methoxy groups -OCH3 is 1. The molecule has 0 saturated carbocycles. The second-order valence-corrected chi connectivity index (χ2v) is 15.4. The van der Waals surface area contributed by atoms with Crippen molar-refractivity contribution in [2.45, 2.75) is 107 Å². The third-order valence-electron chi connectivity index (χ3n) is 11.7. The van der Waals surface area contributed by atoms with Gasteiger partial charge in [-0.05, 0) is 37.1 Å². The number of aliphatic hydroxyl groups is 7. The molecule has 3 aromatic carbocycles. The van der Waals surface area contributed by atoms with Crippen molar-refractivity contribution >= 4 is 17.3 Å². The topological polar surface area (TPSA) is 291 Å². The molecule has 10 N–H and O–H groups in total. The fourth-order valence-electron chi connectivity index (χ4n) is 8.41. The van der Waals surface area contributed by atoms with Gasteiger partial charge in [-0.2, -0.15) is 0 Å². The lowest BCUT2D eigenvalue weighted by Crippen LogP contribution is -2.60. The average Bonchev–Trinajstić information content (AvgIpc) is 3.21. The minimum absolute atomic E-state index is 0.0132. The lowest BCUT2D eigenvalue weighted by molar-refractivity contribution is -0.277. The zero-order chi connectivity index (χ0) is 42.7. The summed E-state index contributed by atoms with van der Waals surface area (Å²) in [5.74, 6) is -3.73. The summed E-state index contributed by atoms with van der Waals surface area (Å²) < 4.78 is 28.9. The van der Waals surface area contributed by atoms with Crippen LogP contribution in [0.4, 0.5) is 0 Å². The summed E-state index contributed by atoms with van der Waals surface area (Å²) in [6, 6.07) is 8.72. The number of hydrogen-bond acceptors (Lipinski definition) is 18. The summed E-state index contributed by atoms with van der Waals surface area (Å²) in [7, 11) is 1.31. The second kappa shape index (κ2) is 16.5. The van der Waals surface area contributed by atoms with Gasteiger partial charge in [0.25, 0.3) is 0 Å². The van der Waals surface area contributed by atoms with Gasteiger partial charge >= 0.3 is 0 Å². The SMILES string of the molecule is COc1cccc2c1C(=O)c1c(O)c3c(c(O)c1C2=O)C[C@@](O)(C(=O)CO)C[C@@H]3O[C@H]1C[C@@H](NCc2ccc(O[C@@H]3OC(CO)[C@@H](O)C(O)C3O)c(C)c2)[C@H](O)C(C)O1. The van der Waals surface area contributed by atoms with Crippen LogP contribution >= 0.6 is 0 Å². The minimum Gasteiger partial charge on any atom is -0.507 e. The molecule has 18 heteroatoms. The third kappa shape index (κ3) is 7.48. The first kappa shape index (κ1) is 42.6. The van der Waals surface area contributed by atoms with Crippen molar-refractivity contribution < 1.29 is 84.0 Å². The van der Waals surface area contributed by atoms with Crippen molar-refractivity contribution in [3.8, 4) is 23.0 Å². The molecule has 4 unspecified atom stereocenters. The first-order chi connectivity index (χ1) is 28.0. The Balaban J connectivity index is 1.12. The van der Waals surface area contributed by atoms with Crippen LogP contribution in [0.15, 0.2) is 36.4 Å². The van der Waals surface area contributed by atoms with Crippen LogP contribution in [0.2, 0.25) is 0 Å². The molecule has 2 saturated heterocycles. The average molecular weight is 826 g/mol. The molecular weight excluding hydrogens is 778 g/mol. The van der Waals surface area contributed by atoms with Crippen LogP contribution in [0.1, 0.15) is 80.0 Å². The van der Waals surface area contributed by atoms with Crippen LogP contribution in [-0.4, -0.2) is 144 Å². The smallest absolute Gasteiger partial charge is 0.229 e. The van der Waals surface area contributed by atoms with Gasteiger partial charge < -0.3 is 75.0 Å². The van der Waals surface area contributed by atoms with E-state index in [0.717, 1.165) is 5.56 Å². The number of Topliss-reactive ketones (excluding diaryl/α,β-unsaturated/α-hetero) is 1. The molecular formula is C41H47NO17. The van der Waals surface area contributed by atoms with E-state index in [1.54, 1.807) is 32.0 Å². The van der Waals surface area contributed by atoms with Gasteiger partial charge in [0, 0.05) is 48.5 Å². The number of aryl methyl sites for hydroxylation is 1. The number of benzene rings is 3. The number of carbonyl (C=O) groups excluding carboxylic acids is 3. The lowest BCUT2D eigenvalue weighted by Gasteiger charge is -2.43. The number of ketones is 3. The molecule has 0 amide bonds. The Hall–Kier alpha value is -4.57. The molecule has 318 valence electrons. The quantitative estimate of drug-likeness (QED) is 0.0838. The molecule has 0 aromatic heterocycles. The van der Waals surface area contributed by atoms with E-state index < -0.39 is 133 Å². The predicted molar refractivity (Wildman–Crippen MR) is 200 cm³/mol. The highest BCUT2D eigenvalue weighted by Crippen LogP contribution is 2.52. The summed E-state index contributed by atoms with van der Waals surface area (Å²) in [5.41, 5.74) is -2.63. The Morgan fingerprint density at radius 2 is 1.64 bits per heavy atom. The summed E-state index contributed by atoms with van der Waals surface area (Å²) in [6.45, 7) is 1.85. The van der Waals surface area contributed by atoms with E-state index in [9.17, 15) is 60.3 Å². The molecule has 3 aromatic rings. The van der Waals surface area contributed by atoms with Crippen LogP contribution < -0.4 is 14.8 Å². The number of aromatic hydroxyl groups is 2. The number of fused-ring (bicyclic) bond motifs is 3. The van der Waals surface area contributed by atoms with Crippen molar-refractivity contribution in [3.63, 3.8) is 0 Å². The van der Waals surface area contributed by atoms with Gasteiger partial charge in [0.1, 0.15) is 59.6 Å². The number of nitrogens with one attached hydrogen (secondary N) is 1. The van der Waals surface area contributed by atoms with Crippen LogP contribution in [0.5, 0.6) is 23.0 Å². The molecule has 7 rings (SSSR count). The van der Waals surface area contributed by atoms with Crippen molar-refractivity contribution in [2.24, 2.45) is 0 Å². The molecule has 2 aliphatic heterocycles. The summed E-state index contributed by atoms with van der Waals surface area (Å²) in [5, 5.41) is 99.4. The normalized spacial score (nSPS) is 31.6. The van der Waals surface area contributed by atoms with Gasteiger partial charge in [-0.15, -0.1) is 0 Å². The van der Waals surface area contributed by atoms with Crippen LogP contribution in [0, 0.1) is 6.92 Å². The maximum atomic E-state index is 14.0. The minimum atomic E-state index is -2.33.